The first kappa shape index (κ1) is 15.6. The van der Waals surface area contributed by atoms with E-state index in [9.17, 15) is 0 Å². The number of nitrogens with one attached hydrogen (secondary N) is 1. The van der Waals surface area contributed by atoms with Crippen molar-refractivity contribution >= 4 is 11.0 Å². The van der Waals surface area contributed by atoms with Crippen molar-refractivity contribution in [1.82, 2.24) is 9.97 Å². The van der Waals surface area contributed by atoms with Crippen LogP contribution in [0.3, 0.4) is 0 Å². The standard InChI is InChI=1S/C25H18N2/c1-3-10-18(11-4-1)20-14-9-15-21(19-12-5-2-6-13-19)24(20)25-26-22-16-7-8-17-23(22)27-25/h1-17H,(H,26,27). The van der Waals surface area contributed by atoms with Gasteiger partial charge >= 0.3 is 0 Å². The maximum atomic E-state index is 4.90. The molecule has 5 aromatic rings. The van der Waals surface area contributed by atoms with E-state index >= 15 is 0 Å². The second-order valence-corrected chi connectivity index (χ2v) is 6.56. The Labute approximate surface area is 158 Å². The van der Waals surface area contributed by atoms with Gasteiger partial charge in [0.1, 0.15) is 5.82 Å². The van der Waals surface area contributed by atoms with E-state index in [1.807, 2.05) is 30.3 Å². The Morgan fingerprint density at radius 2 is 1.07 bits per heavy atom. The largest absolute Gasteiger partial charge is 0.338 e. The van der Waals surface area contributed by atoms with Gasteiger partial charge in [-0.1, -0.05) is 91.0 Å². The van der Waals surface area contributed by atoms with E-state index in [1.54, 1.807) is 0 Å². The second-order valence-electron chi connectivity index (χ2n) is 6.56. The highest BCUT2D eigenvalue weighted by Crippen LogP contribution is 2.39. The number of fused-ring (bicyclic) bond motifs is 1. The minimum absolute atomic E-state index is 0.898. The van der Waals surface area contributed by atoms with Crippen LogP contribution < -0.4 is 0 Å². The lowest BCUT2D eigenvalue weighted by Gasteiger charge is -2.14. The Balaban J connectivity index is 1.83. The van der Waals surface area contributed by atoms with Gasteiger partial charge in [-0.05, 0) is 34.4 Å². The van der Waals surface area contributed by atoms with Gasteiger partial charge in [0.2, 0.25) is 0 Å². The first-order valence-electron chi connectivity index (χ1n) is 9.09. The summed E-state index contributed by atoms with van der Waals surface area (Å²) in [5, 5.41) is 0. The molecule has 1 N–H and O–H groups in total. The molecular formula is C25H18N2. The molecule has 128 valence electrons. The molecule has 5 rings (SSSR count). The summed E-state index contributed by atoms with van der Waals surface area (Å²) >= 11 is 0. The highest BCUT2D eigenvalue weighted by molar-refractivity contribution is 5.94. The quantitative estimate of drug-likeness (QED) is 0.393. The van der Waals surface area contributed by atoms with Gasteiger partial charge in [0, 0.05) is 5.56 Å². The predicted octanol–water partition coefficient (Wildman–Crippen LogP) is 6.56. The van der Waals surface area contributed by atoms with Crippen LogP contribution in [-0.4, -0.2) is 9.97 Å². The molecule has 4 aromatic carbocycles. The number of imidazole rings is 1. The maximum Gasteiger partial charge on any atom is 0.139 e. The summed E-state index contributed by atoms with van der Waals surface area (Å²) in [7, 11) is 0. The Hall–Kier alpha value is -3.65. The Morgan fingerprint density at radius 3 is 1.67 bits per heavy atom. The number of aromatic nitrogens is 2. The normalized spacial score (nSPS) is 11.0. The van der Waals surface area contributed by atoms with Gasteiger partial charge in [-0.15, -0.1) is 0 Å². The average Bonchev–Trinajstić information content (AvgIpc) is 3.18. The van der Waals surface area contributed by atoms with Gasteiger partial charge in [0.15, 0.2) is 0 Å². The van der Waals surface area contributed by atoms with Crippen LogP contribution in [0.5, 0.6) is 0 Å². The van der Waals surface area contributed by atoms with Crippen molar-refractivity contribution in [1.29, 1.82) is 0 Å². The molecule has 0 fully saturated rings. The van der Waals surface area contributed by atoms with E-state index in [2.05, 4.69) is 77.8 Å². The summed E-state index contributed by atoms with van der Waals surface area (Å²) in [5.74, 6) is 0.898. The fraction of sp³-hybridized carbons (Fsp3) is 0. The van der Waals surface area contributed by atoms with E-state index in [0.717, 1.165) is 22.4 Å². The zero-order valence-electron chi connectivity index (χ0n) is 14.8. The number of nitrogens with zero attached hydrogens (tertiary/aromatic N) is 1. The molecule has 0 radical (unpaired) electrons. The molecule has 0 aliphatic heterocycles. The Bertz CT molecular complexity index is 1110. The molecule has 0 spiro atoms. The predicted molar refractivity (Wildman–Crippen MR) is 112 cm³/mol. The maximum absolute atomic E-state index is 4.90. The lowest BCUT2D eigenvalue weighted by molar-refractivity contribution is 1.33. The van der Waals surface area contributed by atoms with Crippen LogP contribution in [0.15, 0.2) is 103 Å². The molecule has 0 amide bonds. The molecule has 0 aliphatic carbocycles. The molecule has 2 heteroatoms. The van der Waals surface area contributed by atoms with E-state index in [0.29, 0.717) is 0 Å². The molecule has 2 nitrogen and oxygen atoms in total. The van der Waals surface area contributed by atoms with E-state index in [4.69, 9.17) is 4.98 Å². The van der Waals surface area contributed by atoms with Gasteiger partial charge in [-0.25, -0.2) is 4.98 Å². The van der Waals surface area contributed by atoms with Crippen LogP contribution in [0.2, 0.25) is 0 Å². The van der Waals surface area contributed by atoms with Crippen LogP contribution in [0, 0.1) is 0 Å². The molecule has 0 aliphatic rings. The van der Waals surface area contributed by atoms with Crippen LogP contribution >= 0.6 is 0 Å². The number of rotatable bonds is 3. The fourth-order valence-electron chi connectivity index (χ4n) is 3.60. The lowest BCUT2D eigenvalue weighted by atomic mass is 9.91. The minimum Gasteiger partial charge on any atom is -0.338 e. The molecule has 0 atom stereocenters. The second kappa shape index (κ2) is 6.58. The Kier molecular flexibility index (Phi) is 3.80. The molecule has 1 aromatic heterocycles. The van der Waals surface area contributed by atoms with Crippen molar-refractivity contribution in [3.8, 4) is 33.6 Å². The third-order valence-corrected chi connectivity index (χ3v) is 4.86. The summed E-state index contributed by atoms with van der Waals surface area (Å²) in [6, 6.07) is 35.6. The number of hydrogen-bond donors (Lipinski definition) is 1. The molecule has 0 saturated heterocycles. The van der Waals surface area contributed by atoms with Crippen molar-refractivity contribution < 1.29 is 0 Å². The van der Waals surface area contributed by atoms with Crippen LogP contribution in [0.1, 0.15) is 0 Å². The van der Waals surface area contributed by atoms with E-state index in [1.165, 1.54) is 22.3 Å². The van der Waals surface area contributed by atoms with Crippen molar-refractivity contribution in [2.45, 2.75) is 0 Å². The topological polar surface area (TPSA) is 28.7 Å². The monoisotopic (exact) mass is 346 g/mol. The van der Waals surface area contributed by atoms with Crippen LogP contribution in [0.25, 0.3) is 44.7 Å². The van der Waals surface area contributed by atoms with Gasteiger partial charge in [0.25, 0.3) is 0 Å². The third-order valence-electron chi connectivity index (χ3n) is 4.86. The van der Waals surface area contributed by atoms with E-state index < -0.39 is 0 Å². The SMILES string of the molecule is c1ccc(-c2cccc(-c3ccccc3)c2-c2nc3ccccc3[nH]2)cc1. The fourth-order valence-corrected chi connectivity index (χ4v) is 3.60. The highest BCUT2D eigenvalue weighted by Gasteiger charge is 2.16. The molecule has 1 heterocycles. The van der Waals surface area contributed by atoms with Crippen molar-refractivity contribution in [2.75, 3.05) is 0 Å². The summed E-state index contributed by atoms with van der Waals surface area (Å²) in [5.41, 5.74) is 7.89. The summed E-state index contributed by atoms with van der Waals surface area (Å²) in [6.07, 6.45) is 0. The molecule has 0 saturated carbocycles. The summed E-state index contributed by atoms with van der Waals surface area (Å²) < 4.78 is 0. The minimum atomic E-state index is 0.898. The van der Waals surface area contributed by atoms with Crippen LogP contribution in [0.4, 0.5) is 0 Å². The number of H-pyrrole nitrogens is 1. The number of aromatic amines is 1. The molecule has 0 unspecified atom stereocenters. The molecule has 27 heavy (non-hydrogen) atoms. The first-order valence-corrected chi connectivity index (χ1v) is 9.09. The Morgan fingerprint density at radius 1 is 0.519 bits per heavy atom. The van der Waals surface area contributed by atoms with Gasteiger partial charge in [0.05, 0.1) is 11.0 Å². The van der Waals surface area contributed by atoms with Gasteiger partial charge < -0.3 is 4.98 Å². The zero-order valence-corrected chi connectivity index (χ0v) is 14.8. The van der Waals surface area contributed by atoms with Crippen LogP contribution in [-0.2, 0) is 0 Å². The number of hydrogen-bond acceptors (Lipinski definition) is 1. The zero-order chi connectivity index (χ0) is 18.1. The number of benzene rings is 4. The molecular weight excluding hydrogens is 328 g/mol. The van der Waals surface area contributed by atoms with Gasteiger partial charge in [-0.2, -0.15) is 0 Å². The van der Waals surface area contributed by atoms with Crippen molar-refractivity contribution in [3.05, 3.63) is 103 Å². The number of para-hydroxylation sites is 2. The molecule has 0 bridgehead atoms. The third kappa shape index (κ3) is 2.81. The summed E-state index contributed by atoms with van der Waals surface area (Å²) in [4.78, 5) is 8.42. The highest BCUT2D eigenvalue weighted by atomic mass is 14.9. The lowest BCUT2D eigenvalue weighted by Crippen LogP contribution is -1.92. The smallest absolute Gasteiger partial charge is 0.139 e. The first-order chi connectivity index (χ1) is 13.4. The van der Waals surface area contributed by atoms with Gasteiger partial charge in [-0.3, -0.25) is 0 Å². The van der Waals surface area contributed by atoms with Crippen molar-refractivity contribution in [2.24, 2.45) is 0 Å². The summed E-state index contributed by atoms with van der Waals surface area (Å²) in [6.45, 7) is 0. The van der Waals surface area contributed by atoms with E-state index in [-0.39, 0.29) is 0 Å². The van der Waals surface area contributed by atoms with Crippen molar-refractivity contribution in [3.63, 3.8) is 0 Å². The average molecular weight is 346 g/mol.